The van der Waals surface area contributed by atoms with Crippen molar-refractivity contribution in [1.29, 1.82) is 0 Å². The Morgan fingerprint density at radius 2 is 1.61 bits per heavy atom. The van der Waals surface area contributed by atoms with E-state index in [1.54, 1.807) is 32.9 Å². The summed E-state index contributed by atoms with van der Waals surface area (Å²) in [4.78, 5) is 36.7. The predicted molar refractivity (Wildman–Crippen MR) is 86.8 cm³/mol. The van der Waals surface area contributed by atoms with Crippen LogP contribution in [0.3, 0.4) is 0 Å². The molecule has 0 N–H and O–H groups in total. The zero-order chi connectivity index (χ0) is 17.1. The molecule has 0 bridgehead atoms. The van der Waals surface area contributed by atoms with Gasteiger partial charge in [0.25, 0.3) is 11.8 Å². The lowest BCUT2D eigenvalue weighted by Crippen LogP contribution is -2.31. The minimum atomic E-state index is -0.410. The van der Waals surface area contributed by atoms with Crippen LogP contribution in [0.4, 0.5) is 5.69 Å². The van der Waals surface area contributed by atoms with Crippen molar-refractivity contribution in [1.82, 2.24) is 0 Å². The molecule has 1 aliphatic heterocycles. The zero-order valence-corrected chi connectivity index (χ0v) is 13.5. The summed E-state index contributed by atoms with van der Waals surface area (Å²) in [5, 5.41) is 0. The minimum Gasteiger partial charge on any atom is -0.462 e. The highest BCUT2D eigenvalue weighted by atomic mass is 16.5. The van der Waals surface area contributed by atoms with E-state index in [2.05, 4.69) is 6.58 Å². The topological polar surface area (TPSA) is 63.7 Å². The molecule has 1 aliphatic rings. The van der Waals surface area contributed by atoms with Crippen molar-refractivity contribution < 1.29 is 19.1 Å². The molecule has 0 fully saturated rings. The molecular weight excluding hydrogens is 294 g/mol. The number of imide groups is 1. The van der Waals surface area contributed by atoms with Gasteiger partial charge in [0.05, 0.1) is 12.3 Å². The van der Waals surface area contributed by atoms with Crippen LogP contribution in [0, 0.1) is 0 Å². The minimum absolute atomic E-state index is 0.256. The monoisotopic (exact) mass is 313 g/mol. The molecule has 2 amide bonds. The molecule has 1 heterocycles. The van der Waals surface area contributed by atoms with Crippen LogP contribution in [0.2, 0.25) is 0 Å². The van der Waals surface area contributed by atoms with Gasteiger partial charge < -0.3 is 4.74 Å². The Bertz CT molecular complexity index is 689. The molecule has 1 aromatic carbocycles. The SMILES string of the molecule is C=C(C)C(=O)OCCc1ccc(N2C(=O)C(C)=C(C)C2=O)cc1. The first kappa shape index (κ1) is 16.7. The second kappa shape index (κ2) is 6.60. The van der Waals surface area contributed by atoms with Crippen molar-refractivity contribution in [3.05, 3.63) is 53.1 Å². The molecule has 0 aromatic heterocycles. The molecular formula is C18H19NO4. The Morgan fingerprint density at radius 1 is 1.09 bits per heavy atom. The summed E-state index contributed by atoms with van der Waals surface area (Å²) >= 11 is 0. The fraction of sp³-hybridized carbons (Fsp3) is 0.278. The number of hydrogen-bond acceptors (Lipinski definition) is 4. The zero-order valence-electron chi connectivity index (χ0n) is 13.5. The highest BCUT2D eigenvalue weighted by Gasteiger charge is 2.34. The van der Waals surface area contributed by atoms with E-state index in [4.69, 9.17) is 4.74 Å². The Hall–Kier alpha value is -2.69. The Labute approximate surface area is 135 Å². The predicted octanol–water partition coefficient (Wildman–Crippen LogP) is 2.56. The number of carbonyl (C=O) groups excluding carboxylic acids is 3. The molecule has 0 saturated heterocycles. The molecule has 0 spiro atoms. The maximum atomic E-state index is 12.1. The number of benzene rings is 1. The molecule has 23 heavy (non-hydrogen) atoms. The third-order valence-electron chi connectivity index (χ3n) is 3.78. The van der Waals surface area contributed by atoms with Gasteiger partial charge in [0, 0.05) is 23.1 Å². The van der Waals surface area contributed by atoms with E-state index in [1.807, 2.05) is 12.1 Å². The van der Waals surface area contributed by atoms with Gasteiger partial charge in [-0.25, -0.2) is 9.69 Å². The largest absolute Gasteiger partial charge is 0.462 e. The standard InChI is InChI=1S/C18H19NO4/c1-11(2)18(22)23-10-9-14-5-7-15(8-6-14)19-16(20)12(3)13(4)17(19)21/h5-8H,1,9-10H2,2-4H3. The van der Waals surface area contributed by atoms with Crippen molar-refractivity contribution in [3.63, 3.8) is 0 Å². The van der Waals surface area contributed by atoms with E-state index in [0.29, 0.717) is 28.8 Å². The number of ether oxygens (including phenoxy) is 1. The fourth-order valence-corrected chi connectivity index (χ4v) is 2.18. The van der Waals surface area contributed by atoms with Gasteiger partial charge in [-0.3, -0.25) is 9.59 Å². The molecule has 0 saturated carbocycles. The van der Waals surface area contributed by atoms with Crippen molar-refractivity contribution in [2.24, 2.45) is 0 Å². The van der Waals surface area contributed by atoms with Gasteiger partial charge >= 0.3 is 5.97 Å². The van der Waals surface area contributed by atoms with E-state index < -0.39 is 5.97 Å². The van der Waals surface area contributed by atoms with Crippen molar-refractivity contribution in [2.75, 3.05) is 11.5 Å². The van der Waals surface area contributed by atoms with Crippen LogP contribution in [0.5, 0.6) is 0 Å². The normalized spacial score (nSPS) is 14.5. The van der Waals surface area contributed by atoms with Gasteiger partial charge in [-0.1, -0.05) is 18.7 Å². The van der Waals surface area contributed by atoms with E-state index in [-0.39, 0.29) is 18.4 Å². The third-order valence-corrected chi connectivity index (χ3v) is 3.78. The lowest BCUT2D eigenvalue weighted by Gasteiger charge is -2.15. The number of amides is 2. The first-order valence-corrected chi connectivity index (χ1v) is 7.30. The number of anilines is 1. The Balaban J connectivity index is 2.01. The Morgan fingerprint density at radius 3 is 2.09 bits per heavy atom. The van der Waals surface area contributed by atoms with Crippen LogP contribution in [0.25, 0.3) is 0 Å². The average Bonchev–Trinajstić information content (AvgIpc) is 2.72. The van der Waals surface area contributed by atoms with Crippen molar-refractivity contribution in [2.45, 2.75) is 27.2 Å². The van der Waals surface area contributed by atoms with E-state index in [9.17, 15) is 14.4 Å². The van der Waals surface area contributed by atoms with Crippen LogP contribution in [0.15, 0.2) is 47.6 Å². The lowest BCUT2D eigenvalue weighted by molar-refractivity contribution is -0.138. The molecule has 0 aliphatic carbocycles. The van der Waals surface area contributed by atoms with Crippen LogP contribution < -0.4 is 4.90 Å². The summed E-state index contributed by atoms with van der Waals surface area (Å²) < 4.78 is 5.04. The maximum absolute atomic E-state index is 12.1. The van der Waals surface area contributed by atoms with Crippen molar-refractivity contribution >= 4 is 23.5 Å². The second-order valence-electron chi connectivity index (χ2n) is 5.53. The summed E-state index contributed by atoms with van der Waals surface area (Å²) in [6.45, 7) is 8.67. The maximum Gasteiger partial charge on any atom is 0.333 e. The smallest absolute Gasteiger partial charge is 0.333 e. The van der Waals surface area contributed by atoms with E-state index in [0.717, 1.165) is 5.56 Å². The number of hydrogen-bond donors (Lipinski definition) is 0. The average molecular weight is 313 g/mol. The molecule has 5 heteroatoms. The van der Waals surface area contributed by atoms with Crippen LogP contribution in [0.1, 0.15) is 26.3 Å². The quantitative estimate of drug-likeness (QED) is 0.476. The number of rotatable bonds is 5. The summed E-state index contributed by atoms with van der Waals surface area (Å²) in [5.74, 6) is -0.974. The van der Waals surface area contributed by atoms with Gasteiger partial charge in [0.2, 0.25) is 0 Å². The van der Waals surface area contributed by atoms with Gasteiger partial charge in [-0.05, 0) is 38.5 Å². The number of carbonyl (C=O) groups is 3. The molecule has 5 nitrogen and oxygen atoms in total. The highest BCUT2D eigenvalue weighted by Crippen LogP contribution is 2.26. The molecule has 0 radical (unpaired) electrons. The molecule has 0 atom stereocenters. The van der Waals surface area contributed by atoms with Crippen LogP contribution in [-0.2, 0) is 25.5 Å². The summed E-state index contributed by atoms with van der Waals surface area (Å²) in [6, 6.07) is 7.07. The lowest BCUT2D eigenvalue weighted by atomic mass is 10.1. The fourth-order valence-electron chi connectivity index (χ4n) is 2.18. The third kappa shape index (κ3) is 3.39. The number of esters is 1. The van der Waals surface area contributed by atoms with Gasteiger partial charge in [-0.15, -0.1) is 0 Å². The molecule has 2 rings (SSSR count). The summed E-state index contributed by atoms with van der Waals surface area (Å²) in [6.07, 6.45) is 0.553. The van der Waals surface area contributed by atoms with Crippen LogP contribution in [-0.4, -0.2) is 24.4 Å². The van der Waals surface area contributed by atoms with Gasteiger partial charge in [0.1, 0.15) is 0 Å². The summed E-state index contributed by atoms with van der Waals surface area (Å²) in [7, 11) is 0. The first-order valence-electron chi connectivity index (χ1n) is 7.30. The van der Waals surface area contributed by atoms with E-state index >= 15 is 0 Å². The Kier molecular flexibility index (Phi) is 4.79. The van der Waals surface area contributed by atoms with Gasteiger partial charge in [-0.2, -0.15) is 0 Å². The van der Waals surface area contributed by atoms with Crippen LogP contribution >= 0.6 is 0 Å². The second-order valence-corrected chi connectivity index (χ2v) is 5.53. The number of nitrogens with zero attached hydrogens (tertiary/aromatic N) is 1. The van der Waals surface area contributed by atoms with Crippen molar-refractivity contribution in [3.8, 4) is 0 Å². The first-order chi connectivity index (χ1) is 10.8. The highest BCUT2D eigenvalue weighted by molar-refractivity contribution is 6.32. The van der Waals surface area contributed by atoms with Gasteiger partial charge in [0.15, 0.2) is 0 Å². The van der Waals surface area contributed by atoms with E-state index in [1.165, 1.54) is 4.90 Å². The molecule has 120 valence electrons. The summed E-state index contributed by atoms with van der Waals surface area (Å²) in [5.41, 5.74) is 2.81. The molecule has 1 aromatic rings. The molecule has 0 unspecified atom stereocenters.